The van der Waals surface area contributed by atoms with Gasteiger partial charge in [0.15, 0.2) is 0 Å². The Labute approximate surface area is 119 Å². The van der Waals surface area contributed by atoms with E-state index < -0.39 is 4.92 Å². The lowest BCUT2D eigenvalue weighted by molar-refractivity contribution is -0.384. The number of allylic oxidation sites excluding steroid dienone is 2. The van der Waals surface area contributed by atoms with Crippen molar-refractivity contribution in [2.45, 2.75) is 6.92 Å². The summed E-state index contributed by atoms with van der Waals surface area (Å²) in [5, 5.41) is 17.1. The molecule has 1 aromatic heterocycles. The van der Waals surface area contributed by atoms with Crippen molar-refractivity contribution in [1.82, 2.24) is 4.98 Å². The van der Waals surface area contributed by atoms with Crippen LogP contribution in [0.4, 0.5) is 10.8 Å². The zero-order valence-electron chi connectivity index (χ0n) is 10.7. The highest BCUT2D eigenvalue weighted by Crippen LogP contribution is 2.26. The highest BCUT2D eigenvalue weighted by Gasteiger charge is 2.07. The van der Waals surface area contributed by atoms with E-state index in [1.165, 1.54) is 23.5 Å². The minimum absolute atomic E-state index is 0.0679. The van der Waals surface area contributed by atoms with E-state index in [9.17, 15) is 10.1 Å². The average Bonchev–Trinajstić information content (AvgIpc) is 2.92. The van der Waals surface area contributed by atoms with Gasteiger partial charge in [-0.05, 0) is 25.1 Å². The molecular formula is C13H12N4O2S. The number of nitrogens with zero attached hydrogens (tertiary/aromatic N) is 3. The van der Waals surface area contributed by atoms with E-state index >= 15 is 0 Å². The fourth-order valence-electron chi connectivity index (χ4n) is 1.43. The topological polar surface area (TPSA) is 80.4 Å². The van der Waals surface area contributed by atoms with Crippen LogP contribution < -0.4 is 5.43 Å². The summed E-state index contributed by atoms with van der Waals surface area (Å²) in [5.41, 5.74) is 4.47. The molecule has 2 aromatic rings. The molecule has 0 saturated heterocycles. The van der Waals surface area contributed by atoms with Gasteiger partial charge >= 0.3 is 0 Å². The predicted molar refractivity (Wildman–Crippen MR) is 81.1 cm³/mol. The maximum Gasteiger partial charge on any atom is 0.269 e. The normalized spacial score (nSPS) is 11.2. The third kappa shape index (κ3) is 3.48. The Bertz CT molecular complexity index is 647. The van der Waals surface area contributed by atoms with Gasteiger partial charge in [0.2, 0.25) is 5.13 Å². The molecule has 7 heteroatoms. The number of thiazole rings is 1. The molecule has 1 heterocycles. The van der Waals surface area contributed by atoms with E-state index in [-0.39, 0.29) is 5.69 Å². The van der Waals surface area contributed by atoms with Gasteiger partial charge in [-0.15, -0.1) is 11.3 Å². The van der Waals surface area contributed by atoms with Crippen molar-refractivity contribution in [3.05, 3.63) is 51.9 Å². The van der Waals surface area contributed by atoms with Crippen LogP contribution in [0, 0.1) is 10.1 Å². The standard InChI is InChI=1S/C13H12N4O2S/c1-2-3-8-14-16-13-15-12(9-20-13)10-4-6-11(7-5-10)17(18)19/h2-9H,1H3,(H,15,16)/b3-2-,14-8?. The molecule has 1 N–H and O–H groups in total. The summed E-state index contributed by atoms with van der Waals surface area (Å²) in [5.74, 6) is 0. The lowest BCUT2D eigenvalue weighted by atomic mass is 10.1. The number of non-ortho nitro benzene ring substituents is 1. The van der Waals surface area contributed by atoms with Gasteiger partial charge in [-0.3, -0.25) is 15.5 Å². The fraction of sp³-hybridized carbons (Fsp3) is 0.0769. The number of hydrogen-bond acceptors (Lipinski definition) is 6. The van der Waals surface area contributed by atoms with E-state index in [0.29, 0.717) is 5.13 Å². The number of nitro benzene ring substituents is 1. The Balaban J connectivity index is 2.10. The quantitative estimate of drug-likeness (QED) is 0.517. The molecule has 20 heavy (non-hydrogen) atoms. The molecule has 102 valence electrons. The number of benzene rings is 1. The first-order chi connectivity index (χ1) is 9.70. The van der Waals surface area contributed by atoms with Crippen LogP contribution in [-0.4, -0.2) is 16.1 Å². The van der Waals surface area contributed by atoms with E-state index in [0.717, 1.165) is 11.3 Å². The van der Waals surface area contributed by atoms with Gasteiger partial charge < -0.3 is 0 Å². The van der Waals surface area contributed by atoms with Crippen LogP contribution in [0.5, 0.6) is 0 Å². The van der Waals surface area contributed by atoms with E-state index in [4.69, 9.17) is 0 Å². The van der Waals surface area contributed by atoms with Crippen LogP contribution in [-0.2, 0) is 0 Å². The third-order valence-electron chi connectivity index (χ3n) is 2.39. The molecule has 0 bridgehead atoms. The summed E-state index contributed by atoms with van der Waals surface area (Å²) in [6.45, 7) is 1.90. The molecule has 6 nitrogen and oxygen atoms in total. The molecule has 0 unspecified atom stereocenters. The maximum atomic E-state index is 10.6. The van der Waals surface area contributed by atoms with Crippen molar-refractivity contribution in [2.75, 3.05) is 5.43 Å². The van der Waals surface area contributed by atoms with Gasteiger partial charge in [-0.25, -0.2) is 4.98 Å². The Morgan fingerprint density at radius 2 is 2.15 bits per heavy atom. The molecule has 2 rings (SSSR count). The minimum Gasteiger partial charge on any atom is -0.258 e. The second kappa shape index (κ2) is 6.58. The number of nitro groups is 1. The van der Waals surface area contributed by atoms with Crippen LogP contribution in [0.3, 0.4) is 0 Å². The number of anilines is 1. The third-order valence-corrected chi connectivity index (χ3v) is 3.14. The number of hydrogen-bond donors (Lipinski definition) is 1. The Morgan fingerprint density at radius 3 is 2.80 bits per heavy atom. The molecule has 1 aromatic carbocycles. The van der Waals surface area contributed by atoms with Gasteiger partial charge in [-0.1, -0.05) is 6.08 Å². The van der Waals surface area contributed by atoms with Crippen LogP contribution >= 0.6 is 11.3 Å². The van der Waals surface area contributed by atoms with Crippen molar-refractivity contribution < 1.29 is 4.92 Å². The van der Waals surface area contributed by atoms with Crippen LogP contribution in [0.25, 0.3) is 11.3 Å². The van der Waals surface area contributed by atoms with Crippen LogP contribution in [0.1, 0.15) is 6.92 Å². The largest absolute Gasteiger partial charge is 0.269 e. The summed E-state index contributed by atoms with van der Waals surface area (Å²) >= 11 is 1.42. The number of hydrazone groups is 1. The lowest BCUT2D eigenvalue weighted by Gasteiger charge is -1.96. The van der Waals surface area contributed by atoms with Crippen LogP contribution in [0.15, 0.2) is 46.9 Å². The van der Waals surface area contributed by atoms with Crippen molar-refractivity contribution in [1.29, 1.82) is 0 Å². The van der Waals surface area contributed by atoms with E-state index in [1.807, 2.05) is 18.4 Å². The first kappa shape index (κ1) is 13.9. The SMILES string of the molecule is C/C=C\C=NNc1nc(-c2ccc([N+](=O)[O-])cc2)cs1. The molecule has 0 aliphatic heterocycles. The number of nitrogens with one attached hydrogen (secondary N) is 1. The second-order valence-corrected chi connectivity index (χ2v) is 4.62. The minimum atomic E-state index is -0.423. The second-order valence-electron chi connectivity index (χ2n) is 3.76. The smallest absolute Gasteiger partial charge is 0.258 e. The van der Waals surface area contributed by atoms with Crippen LogP contribution in [0.2, 0.25) is 0 Å². The van der Waals surface area contributed by atoms with E-state index in [2.05, 4.69) is 15.5 Å². The first-order valence-corrected chi connectivity index (χ1v) is 6.69. The zero-order valence-corrected chi connectivity index (χ0v) is 11.5. The van der Waals surface area contributed by atoms with E-state index in [1.54, 1.807) is 24.4 Å². The molecule has 0 radical (unpaired) electrons. The summed E-state index contributed by atoms with van der Waals surface area (Å²) in [7, 11) is 0. The fourth-order valence-corrected chi connectivity index (χ4v) is 2.10. The van der Waals surface area contributed by atoms with Gasteiger partial charge in [0, 0.05) is 29.3 Å². The summed E-state index contributed by atoms with van der Waals surface area (Å²) < 4.78 is 0. The van der Waals surface area contributed by atoms with Gasteiger partial charge in [0.1, 0.15) is 0 Å². The molecular weight excluding hydrogens is 276 g/mol. The molecule has 0 saturated carbocycles. The van der Waals surface area contributed by atoms with Crippen molar-refractivity contribution in [3.8, 4) is 11.3 Å². The number of rotatable bonds is 5. The molecule has 0 fully saturated rings. The van der Waals surface area contributed by atoms with Gasteiger partial charge in [0.25, 0.3) is 5.69 Å². The Kier molecular flexibility index (Phi) is 4.56. The van der Waals surface area contributed by atoms with Gasteiger partial charge in [-0.2, -0.15) is 5.10 Å². The molecule has 0 aliphatic carbocycles. The van der Waals surface area contributed by atoms with Crippen molar-refractivity contribution >= 4 is 28.4 Å². The predicted octanol–water partition coefficient (Wildman–Crippen LogP) is 3.69. The molecule has 0 amide bonds. The highest BCUT2D eigenvalue weighted by atomic mass is 32.1. The maximum absolute atomic E-state index is 10.6. The first-order valence-electron chi connectivity index (χ1n) is 5.81. The summed E-state index contributed by atoms with van der Waals surface area (Å²) in [4.78, 5) is 14.5. The Morgan fingerprint density at radius 1 is 1.40 bits per heavy atom. The van der Waals surface area contributed by atoms with Crippen molar-refractivity contribution in [3.63, 3.8) is 0 Å². The molecule has 0 aliphatic rings. The van der Waals surface area contributed by atoms with Crippen molar-refractivity contribution in [2.24, 2.45) is 5.10 Å². The Hall–Kier alpha value is -2.54. The monoisotopic (exact) mass is 288 g/mol. The highest BCUT2D eigenvalue weighted by molar-refractivity contribution is 7.14. The molecule has 0 atom stereocenters. The lowest BCUT2D eigenvalue weighted by Crippen LogP contribution is -1.88. The zero-order chi connectivity index (χ0) is 14.4. The summed E-state index contributed by atoms with van der Waals surface area (Å²) in [6, 6.07) is 6.29. The number of aromatic nitrogens is 1. The van der Waals surface area contributed by atoms with Gasteiger partial charge in [0.05, 0.1) is 10.6 Å². The summed E-state index contributed by atoms with van der Waals surface area (Å²) in [6.07, 6.45) is 5.31. The molecule has 0 spiro atoms. The average molecular weight is 288 g/mol.